The molecule has 1 aromatic heterocycles. The van der Waals surface area contributed by atoms with E-state index in [9.17, 15) is 13.2 Å². The monoisotopic (exact) mass is 528 g/mol. The van der Waals surface area contributed by atoms with Gasteiger partial charge in [0.15, 0.2) is 5.13 Å². The number of hydrogen-bond acceptors (Lipinski definition) is 8. The third-order valence-corrected chi connectivity index (χ3v) is 10.2. The summed E-state index contributed by atoms with van der Waals surface area (Å²) in [5, 5.41) is 0.983. The Labute approximate surface area is 216 Å². The fourth-order valence-corrected chi connectivity index (χ4v) is 7.29. The summed E-state index contributed by atoms with van der Waals surface area (Å²) in [6.45, 7) is 3.91. The van der Waals surface area contributed by atoms with Crippen LogP contribution in [0.2, 0.25) is 0 Å². The van der Waals surface area contributed by atoms with Gasteiger partial charge >= 0.3 is 5.97 Å². The summed E-state index contributed by atoms with van der Waals surface area (Å²) in [7, 11) is 0.169. The van der Waals surface area contributed by atoms with Gasteiger partial charge in [-0.05, 0) is 56.3 Å². The molecule has 2 aromatic carbocycles. The zero-order valence-corrected chi connectivity index (χ0v) is 22.4. The Balaban J connectivity index is 1.26. The van der Waals surface area contributed by atoms with E-state index in [4.69, 9.17) is 9.72 Å². The quantitative estimate of drug-likeness (QED) is 0.350. The molecule has 2 heterocycles. The average Bonchev–Trinajstić information content (AvgIpc) is 3.32. The first kappa shape index (κ1) is 25.1. The van der Waals surface area contributed by atoms with E-state index in [1.54, 1.807) is 24.5 Å². The van der Waals surface area contributed by atoms with Crippen molar-refractivity contribution in [3.8, 4) is 5.75 Å². The van der Waals surface area contributed by atoms with Crippen LogP contribution in [0.4, 0.5) is 5.13 Å². The maximum absolute atomic E-state index is 13.1. The van der Waals surface area contributed by atoms with Gasteiger partial charge in [-0.2, -0.15) is 4.31 Å². The van der Waals surface area contributed by atoms with E-state index in [0.717, 1.165) is 73.6 Å². The maximum atomic E-state index is 13.1. The third kappa shape index (κ3) is 5.27. The molecule has 0 amide bonds. The largest absolute Gasteiger partial charge is 0.423 e. The lowest BCUT2D eigenvalue weighted by atomic mass is 9.96. The van der Waals surface area contributed by atoms with Gasteiger partial charge < -0.3 is 14.5 Å². The molecule has 2 fully saturated rings. The van der Waals surface area contributed by atoms with Gasteiger partial charge in [-0.25, -0.2) is 18.2 Å². The number of likely N-dealkylation sites (N-methyl/N-ethyl adjacent to an activating group) is 1. The van der Waals surface area contributed by atoms with Gasteiger partial charge in [0.2, 0.25) is 10.0 Å². The second-order valence-corrected chi connectivity index (χ2v) is 12.6. The van der Waals surface area contributed by atoms with E-state index in [-0.39, 0.29) is 10.9 Å². The number of nitrogens with zero attached hydrogens (tertiary/aromatic N) is 4. The van der Waals surface area contributed by atoms with Crippen molar-refractivity contribution in [1.29, 1.82) is 0 Å². The molecule has 0 radical (unpaired) electrons. The Hall–Kier alpha value is -2.53. The first-order chi connectivity index (χ1) is 17.3. The zero-order chi connectivity index (χ0) is 25.3. The number of benzene rings is 2. The molecular formula is C26H32N4O4S2. The van der Waals surface area contributed by atoms with Crippen LogP contribution in [0.3, 0.4) is 0 Å². The molecule has 1 saturated carbocycles. The molecule has 5 rings (SSSR count). The van der Waals surface area contributed by atoms with Crippen molar-refractivity contribution < 1.29 is 17.9 Å². The summed E-state index contributed by atoms with van der Waals surface area (Å²) in [5.74, 6) is -0.0856. The second kappa shape index (κ2) is 10.5. The number of sulfonamides is 1. The van der Waals surface area contributed by atoms with Gasteiger partial charge in [-0.3, -0.25) is 0 Å². The Morgan fingerprint density at radius 3 is 2.42 bits per heavy atom. The SMILES string of the molecule is CN1CCN(c2nc3ccc(OC(=O)c4ccc(S(=O)(=O)N(C)C5CCCCC5)cc4)cc3s2)CC1. The van der Waals surface area contributed by atoms with Crippen molar-refractivity contribution in [2.45, 2.75) is 43.0 Å². The highest BCUT2D eigenvalue weighted by molar-refractivity contribution is 7.89. The van der Waals surface area contributed by atoms with Gasteiger partial charge in [-0.1, -0.05) is 30.6 Å². The van der Waals surface area contributed by atoms with Crippen molar-refractivity contribution >= 4 is 42.7 Å². The first-order valence-corrected chi connectivity index (χ1v) is 14.7. The summed E-state index contributed by atoms with van der Waals surface area (Å²) in [6, 6.07) is 11.5. The van der Waals surface area contributed by atoms with E-state index in [0.29, 0.717) is 11.3 Å². The average molecular weight is 529 g/mol. The standard InChI is InChI=1S/C26H32N4O4S2/c1-28-14-16-30(17-15-28)26-27-23-13-10-21(18-24(23)35-26)34-25(31)19-8-11-22(12-9-19)36(32,33)29(2)20-6-4-3-5-7-20/h8-13,18,20H,3-7,14-17H2,1-2H3. The van der Waals surface area contributed by atoms with Crippen molar-refractivity contribution in [1.82, 2.24) is 14.2 Å². The second-order valence-electron chi connectivity index (χ2n) is 9.64. The number of carbonyl (C=O) groups is 1. The van der Waals surface area contributed by atoms with Crippen LogP contribution in [0.25, 0.3) is 10.2 Å². The van der Waals surface area contributed by atoms with E-state index >= 15 is 0 Å². The number of carbonyl (C=O) groups excluding carboxylic acids is 1. The van der Waals surface area contributed by atoms with E-state index in [1.165, 1.54) is 28.6 Å². The molecule has 0 N–H and O–H groups in total. The highest BCUT2D eigenvalue weighted by Crippen LogP contribution is 2.32. The molecule has 1 aliphatic heterocycles. The number of fused-ring (bicyclic) bond motifs is 1. The van der Waals surface area contributed by atoms with Gasteiger partial charge in [0.05, 0.1) is 20.7 Å². The van der Waals surface area contributed by atoms with Crippen LogP contribution in [0.1, 0.15) is 42.5 Å². The third-order valence-electron chi connectivity index (χ3n) is 7.19. The van der Waals surface area contributed by atoms with Crippen molar-refractivity contribution in [3.63, 3.8) is 0 Å². The lowest BCUT2D eigenvalue weighted by Crippen LogP contribution is -2.44. The van der Waals surface area contributed by atoms with Crippen molar-refractivity contribution in [3.05, 3.63) is 48.0 Å². The van der Waals surface area contributed by atoms with E-state index in [2.05, 4.69) is 16.8 Å². The molecule has 1 saturated heterocycles. The van der Waals surface area contributed by atoms with Crippen LogP contribution >= 0.6 is 11.3 Å². The molecule has 36 heavy (non-hydrogen) atoms. The lowest BCUT2D eigenvalue weighted by Gasteiger charge is -2.31. The number of anilines is 1. The molecule has 0 unspecified atom stereocenters. The molecule has 1 aliphatic carbocycles. The molecule has 0 atom stereocenters. The zero-order valence-electron chi connectivity index (χ0n) is 20.7. The summed E-state index contributed by atoms with van der Waals surface area (Å²) in [6.07, 6.45) is 5.05. The minimum atomic E-state index is -3.61. The molecule has 3 aromatic rings. The van der Waals surface area contributed by atoms with Crippen molar-refractivity contribution in [2.24, 2.45) is 0 Å². The topological polar surface area (TPSA) is 83.0 Å². The minimum absolute atomic E-state index is 0.0341. The fourth-order valence-electron chi connectivity index (χ4n) is 4.83. The van der Waals surface area contributed by atoms with Crippen LogP contribution < -0.4 is 9.64 Å². The Morgan fingerprint density at radius 2 is 1.72 bits per heavy atom. The summed E-state index contributed by atoms with van der Waals surface area (Å²) in [4.78, 5) is 22.3. The Morgan fingerprint density at radius 1 is 1.03 bits per heavy atom. The Kier molecular flexibility index (Phi) is 7.30. The van der Waals surface area contributed by atoms with Crippen LogP contribution in [0.5, 0.6) is 5.75 Å². The predicted octanol–water partition coefficient (Wildman–Crippen LogP) is 4.22. The fraction of sp³-hybridized carbons (Fsp3) is 0.462. The van der Waals surface area contributed by atoms with Gasteiger partial charge in [0, 0.05) is 45.3 Å². The number of ether oxygens (including phenoxy) is 1. The van der Waals surface area contributed by atoms with E-state index in [1.807, 2.05) is 12.1 Å². The summed E-state index contributed by atoms with van der Waals surface area (Å²) < 4.78 is 34.2. The van der Waals surface area contributed by atoms with E-state index < -0.39 is 16.0 Å². The number of aromatic nitrogens is 1. The van der Waals surface area contributed by atoms with Crippen LogP contribution in [0, 0.1) is 0 Å². The number of hydrogen-bond donors (Lipinski definition) is 0. The lowest BCUT2D eigenvalue weighted by molar-refractivity contribution is 0.0735. The first-order valence-electron chi connectivity index (χ1n) is 12.5. The Bertz CT molecular complexity index is 1330. The predicted molar refractivity (Wildman–Crippen MR) is 143 cm³/mol. The number of piperazine rings is 1. The molecular weight excluding hydrogens is 496 g/mol. The highest BCUT2D eigenvalue weighted by Gasteiger charge is 2.29. The van der Waals surface area contributed by atoms with Gasteiger partial charge in [-0.15, -0.1) is 0 Å². The summed E-state index contributed by atoms with van der Waals surface area (Å²) >= 11 is 1.59. The van der Waals surface area contributed by atoms with Gasteiger partial charge in [0.25, 0.3) is 0 Å². The highest BCUT2D eigenvalue weighted by atomic mass is 32.2. The molecule has 2 aliphatic rings. The minimum Gasteiger partial charge on any atom is -0.423 e. The van der Waals surface area contributed by atoms with Crippen LogP contribution in [-0.4, -0.2) is 74.9 Å². The van der Waals surface area contributed by atoms with Crippen molar-refractivity contribution in [2.75, 3.05) is 45.2 Å². The number of thiazole rings is 1. The molecule has 192 valence electrons. The number of esters is 1. The smallest absolute Gasteiger partial charge is 0.343 e. The summed E-state index contributed by atoms with van der Waals surface area (Å²) in [5.41, 5.74) is 1.18. The molecule has 0 spiro atoms. The normalized spacial score (nSPS) is 18.1. The number of rotatable bonds is 6. The maximum Gasteiger partial charge on any atom is 0.343 e. The van der Waals surface area contributed by atoms with Crippen LogP contribution in [0.15, 0.2) is 47.4 Å². The molecule has 8 nitrogen and oxygen atoms in total. The van der Waals surface area contributed by atoms with Gasteiger partial charge in [0.1, 0.15) is 5.75 Å². The van der Waals surface area contributed by atoms with Crippen LogP contribution in [-0.2, 0) is 10.0 Å². The molecule has 0 bridgehead atoms. The molecule has 10 heteroatoms.